The Morgan fingerprint density at radius 1 is 1.17 bits per heavy atom. The average Bonchev–Trinajstić information content (AvgIpc) is 2.53. The Kier molecular flexibility index (Phi) is 5.74. The predicted molar refractivity (Wildman–Crippen MR) is 89.2 cm³/mol. The number of nitrogens with zero attached hydrogens (tertiary/aromatic N) is 2. The summed E-state index contributed by atoms with van der Waals surface area (Å²) in [5, 5.41) is 22.0. The van der Waals surface area contributed by atoms with Crippen LogP contribution < -0.4 is 21.5 Å². The molecule has 0 saturated carbocycles. The third-order valence-electron chi connectivity index (χ3n) is 2.81. The van der Waals surface area contributed by atoms with E-state index in [0.29, 0.717) is 16.7 Å². The molecule has 2 rings (SSSR count). The number of carbonyl (C=O) groups excluding carboxylic acids is 1. The maximum absolute atomic E-state index is 11.6. The second-order valence-corrected chi connectivity index (χ2v) is 5.16. The number of carboxylic acid groups (broad SMARTS) is 1. The predicted octanol–water partition coefficient (Wildman–Crippen LogP) is 1.97. The van der Waals surface area contributed by atoms with Gasteiger partial charge in [0.25, 0.3) is 5.91 Å². The topological polar surface area (TPSA) is 128 Å². The lowest BCUT2D eigenvalue weighted by Gasteiger charge is -2.13. The van der Waals surface area contributed by atoms with Crippen molar-refractivity contribution in [3.05, 3.63) is 41.4 Å². The van der Waals surface area contributed by atoms with Crippen LogP contribution in [-0.4, -0.2) is 33.3 Å². The number of halogens is 1. The Balaban J connectivity index is 1.88. The number of aromatic nitrogens is 2. The van der Waals surface area contributed by atoms with Crippen molar-refractivity contribution in [2.24, 2.45) is 0 Å². The zero-order valence-corrected chi connectivity index (χ0v) is 13.3. The van der Waals surface area contributed by atoms with Gasteiger partial charge in [0.1, 0.15) is 6.04 Å². The Hall–Kier alpha value is -3.07. The van der Waals surface area contributed by atoms with Crippen molar-refractivity contribution in [2.75, 3.05) is 10.7 Å². The van der Waals surface area contributed by atoms with Crippen molar-refractivity contribution in [3.63, 3.8) is 0 Å². The Morgan fingerprint density at radius 3 is 2.50 bits per heavy atom. The molecule has 1 unspecified atom stereocenters. The summed E-state index contributed by atoms with van der Waals surface area (Å²) in [5.41, 5.74) is 5.63. The van der Waals surface area contributed by atoms with Crippen molar-refractivity contribution in [1.29, 1.82) is 0 Å². The van der Waals surface area contributed by atoms with Gasteiger partial charge in [0, 0.05) is 10.7 Å². The molecule has 0 radical (unpaired) electrons. The fourth-order valence-corrected chi connectivity index (χ4v) is 1.85. The van der Waals surface area contributed by atoms with Crippen LogP contribution in [0, 0.1) is 0 Å². The first kappa shape index (κ1) is 17.3. The summed E-state index contributed by atoms with van der Waals surface area (Å²) in [6.07, 6.45) is -1.28. The smallest absolute Gasteiger partial charge is 0.405 e. The fraction of sp³-hybridized carbons (Fsp3) is 0.143. The van der Waals surface area contributed by atoms with Crippen molar-refractivity contribution >= 4 is 40.9 Å². The number of carbonyl (C=O) groups is 2. The van der Waals surface area contributed by atoms with Crippen molar-refractivity contribution in [2.45, 2.75) is 13.0 Å². The minimum absolute atomic E-state index is 0.294. The molecule has 2 amide bonds. The number of amides is 2. The van der Waals surface area contributed by atoms with Gasteiger partial charge in [0.15, 0.2) is 11.6 Å². The van der Waals surface area contributed by atoms with Gasteiger partial charge in [-0.3, -0.25) is 15.6 Å². The number of nitrogens with one attached hydrogen (secondary N) is 4. The normalized spacial score (nSPS) is 11.2. The standard InChI is InChI=1S/C14H15ClN6O3/c1-8(16-14(23)24)13(22)21-20-12-6-5-11(18-19-12)17-10-4-2-3-9(15)7-10/h2-8,16H,1H3,(H,17,18)(H,19,20)(H,21,22)(H,23,24). The molecule has 2 aromatic rings. The van der Waals surface area contributed by atoms with E-state index in [0.717, 1.165) is 5.69 Å². The van der Waals surface area contributed by atoms with Gasteiger partial charge in [-0.15, -0.1) is 10.2 Å². The van der Waals surface area contributed by atoms with E-state index >= 15 is 0 Å². The summed E-state index contributed by atoms with van der Waals surface area (Å²) < 4.78 is 0. The van der Waals surface area contributed by atoms with E-state index in [2.05, 4.69) is 26.4 Å². The average molecular weight is 351 g/mol. The molecule has 1 aromatic heterocycles. The fourth-order valence-electron chi connectivity index (χ4n) is 1.66. The quantitative estimate of drug-likeness (QED) is 0.504. The molecule has 5 N–H and O–H groups in total. The zero-order valence-electron chi connectivity index (χ0n) is 12.6. The van der Waals surface area contributed by atoms with Gasteiger partial charge in [-0.25, -0.2) is 4.79 Å². The summed E-state index contributed by atoms with van der Waals surface area (Å²) in [7, 11) is 0. The lowest BCUT2D eigenvalue weighted by Crippen LogP contribution is -2.46. The molecule has 0 bridgehead atoms. The molecule has 1 atom stereocenters. The molecule has 126 valence electrons. The van der Waals surface area contributed by atoms with Crippen LogP contribution in [0.15, 0.2) is 36.4 Å². The lowest BCUT2D eigenvalue weighted by molar-refractivity contribution is -0.122. The largest absolute Gasteiger partial charge is 0.465 e. The summed E-state index contributed by atoms with van der Waals surface area (Å²) in [4.78, 5) is 22.1. The second-order valence-electron chi connectivity index (χ2n) is 4.72. The highest BCUT2D eigenvalue weighted by Crippen LogP contribution is 2.18. The van der Waals surface area contributed by atoms with Gasteiger partial charge in [-0.1, -0.05) is 17.7 Å². The SMILES string of the molecule is CC(NC(=O)O)C(=O)NNc1ccc(Nc2cccc(Cl)c2)nn1. The van der Waals surface area contributed by atoms with Crippen molar-refractivity contribution in [1.82, 2.24) is 20.9 Å². The molecule has 0 aliphatic heterocycles. The molecular formula is C14H15ClN6O3. The van der Waals surface area contributed by atoms with E-state index in [4.69, 9.17) is 16.7 Å². The van der Waals surface area contributed by atoms with E-state index in [-0.39, 0.29) is 0 Å². The molecule has 0 saturated heterocycles. The van der Waals surface area contributed by atoms with Crippen molar-refractivity contribution in [3.8, 4) is 0 Å². The molecule has 10 heteroatoms. The first-order valence-electron chi connectivity index (χ1n) is 6.85. The van der Waals surface area contributed by atoms with E-state index in [9.17, 15) is 9.59 Å². The maximum Gasteiger partial charge on any atom is 0.405 e. The van der Waals surface area contributed by atoms with Crippen LogP contribution in [0.4, 0.5) is 22.1 Å². The zero-order chi connectivity index (χ0) is 17.5. The number of anilines is 3. The molecule has 1 aromatic carbocycles. The van der Waals surface area contributed by atoms with Crippen LogP contribution in [0.3, 0.4) is 0 Å². The molecule has 0 aliphatic carbocycles. The summed E-state index contributed by atoms with van der Waals surface area (Å²) in [6, 6.07) is 9.47. The number of benzene rings is 1. The first-order valence-corrected chi connectivity index (χ1v) is 7.23. The minimum Gasteiger partial charge on any atom is -0.465 e. The van der Waals surface area contributed by atoms with Crippen LogP contribution in [-0.2, 0) is 4.79 Å². The van der Waals surface area contributed by atoms with Gasteiger partial charge >= 0.3 is 6.09 Å². The number of hydrogen-bond donors (Lipinski definition) is 5. The molecule has 9 nitrogen and oxygen atoms in total. The third-order valence-corrected chi connectivity index (χ3v) is 3.04. The first-order chi connectivity index (χ1) is 11.4. The van der Waals surface area contributed by atoms with E-state index in [1.54, 1.807) is 30.3 Å². The number of rotatable bonds is 6. The van der Waals surface area contributed by atoms with Gasteiger partial charge < -0.3 is 15.7 Å². The molecule has 0 fully saturated rings. The van der Waals surface area contributed by atoms with Gasteiger partial charge in [-0.05, 0) is 37.3 Å². The van der Waals surface area contributed by atoms with Gasteiger partial charge in [-0.2, -0.15) is 0 Å². The minimum atomic E-state index is -1.28. The molecule has 0 spiro atoms. The van der Waals surface area contributed by atoms with E-state index < -0.39 is 18.0 Å². The summed E-state index contributed by atoms with van der Waals surface area (Å²) >= 11 is 5.90. The highest BCUT2D eigenvalue weighted by Gasteiger charge is 2.14. The highest BCUT2D eigenvalue weighted by molar-refractivity contribution is 6.30. The lowest BCUT2D eigenvalue weighted by atomic mass is 10.3. The second kappa shape index (κ2) is 7.97. The molecule has 0 aliphatic rings. The maximum atomic E-state index is 11.6. The van der Waals surface area contributed by atoms with Crippen LogP contribution in [0.1, 0.15) is 6.92 Å². The Labute approximate surface area is 142 Å². The molecule has 24 heavy (non-hydrogen) atoms. The van der Waals surface area contributed by atoms with Crippen LogP contribution >= 0.6 is 11.6 Å². The van der Waals surface area contributed by atoms with Crippen molar-refractivity contribution < 1.29 is 14.7 Å². The number of hydrazine groups is 1. The molecule has 1 heterocycles. The van der Waals surface area contributed by atoms with E-state index in [1.807, 2.05) is 11.4 Å². The third kappa shape index (κ3) is 5.29. The van der Waals surface area contributed by atoms with Gasteiger partial charge in [0.05, 0.1) is 0 Å². The van der Waals surface area contributed by atoms with Crippen LogP contribution in [0.2, 0.25) is 5.02 Å². The number of hydrogen-bond acceptors (Lipinski definition) is 6. The summed E-state index contributed by atoms with van der Waals surface area (Å²) in [5.74, 6) is 0.234. The van der Waals surface area contributed by atoms with Crippen LogP contribution in [0.5, 0.6) is 0 Å². The highest BCUT2D eigenvalue weighted by atomic mass is 35.5. The Morgan fingerprint density at radius 2 is 1.88 bits per heavy atom. The van der Waals surface area contributed by atoms with E-state index in [1.165, 1.54) is 6.92 Å². The Bertz CT molecular complexity index is 725. The monoisotopic (exact) mass is 350 g/mol. The van der Waals surface area contributed by atoms with Gasteiger partial charge in [0.2, 0.25) is 0 Å². The summed E-state index contributed by atoms with van der Waals surface area (Å²) in [6.45, 7) is 1.41. The van der Waals surface area contributed by atoms with Crippen LogP contribution in [0.25, 0.3) is 0 Å². The molecular weight excluding hydrogens is 336 g/mol.